The van der Waals surface area contributed by atoms with Crippen molar-refractivity contribution in [1.82, 2.24) is 0 Å². The molecule has 0 atom stereocenters. The standard InChI is InChI=1S/C12H10OS/c1-9-4-2-3-5-11(9)12-8-14-7-10(12)6-13/h2-8H,1H3. The summed E-state index contributed by atoms with van der Waals surface area (Å²) < 4.78 is 0. The fourth-order valence-corrected chi connectivity index (χ4v) is 2.29. The van der Waals surface area contributed by atoms with Crippen LogP contribution >= 0.6 is 11.3 Å². The van der Waals surface area contributed by atoms with Gasteiger partial charge < -0.3 is 0 Å². The van der Waals surface area contributed by atoms with E-state index in [2.05, 4.69) is 13.0 Å². The van der Waals surface area contributed by atoms with Gasteiger partial charge in [-0.1, -0.05) is 24.3 Å². The molecule has 0 N–H and O–H groups in total. The number of thiophene rings is 1. The minimum atomic E-state index is 0.782. The summed E-state index contributed by atoms with van der Waals surface area (Å²) in [5, 5.41) is 3.90. The first-order chi connectivity index (χ1) is 6.83. The van der Waals surface area contributed by atoms with Gasteiger partial charge in [0, 0.05) is 16.5 Å². The fourth-order valence-electron chi connectivity index (χ4n) is 1.49. The lowest BCUT2D eigenvalue weighted by atomic mass is 10.0. The Morgan fingerprint density at radius 3 is 2.64 bits per heavy atom. The number of hydrogen-bond acceptors (Lipinski definition) is 2. The molecule has 14 heavy (non-hydrogen) atoms. The number of rotatable bonds is 2. The molecule has 0 fully saturated rings. The van der Waals surface area contributed by atoms with Gasteiger partial charge in [-0.3, -0.25) is 4.79 Å². The third kappa shape index (κ3) is 1.49. The van der Waals surface area contributed by atoms with Crippen LogP contribution in [0, 0.1) is 6.92 Å². The summed E-state index contributed by atoms with van der Waals surface area (Å²) in [7, 11) is 0. The molecule has 1 aromatic heterocycles. The van der Waals surface area contributed by atoms with Gasteiger partial charge in [0.15, 0.2) is 6.29 Å². The van der Waals surface area contributed by atoms with Crippen molar-refractivity contribution in [2.45, 2.75) is 6.92 Å². The summed E-state index contributed by atoms with van der Waals surface area (Å²) >= 11 is 1.56. The summed E-state index contributed by atoms with van der Waals surface area (Å²) in [6, 6.07) is 8.10. The molecule has 0 aliphatic carbocycles. The number of aryl methyl sites for hydroxylation is 1. The van der Waals surface area contributed by atoms with Gasteiger partial charge in [-0.2, -0.15) is 11.3 Å². The van der Waals surface area contributed by atoms with Crippen LogP contribution in [0.1, 0.15) is 15.9 Å². The van der Waals surface area contributed by atoms with Gasteiger partial charge in [-0.15, -0.1) is 0 Å². The average Bonchev–Trinajstić information content (AvgIpc) is 2.66. The minimum Gasteiger partial charge on any atom is -0.298 e. The Morgan fingerprint density at radius 2 is 1.93 bits per heavy atom. The molecule has 2 aromatic rings. The van der Waals surface area contributed by atoms with Crippen LogP contribution < -0.4 is 0 Å². The van der Waals surface area contributed by atoms with E-state index in [1.165, 1.54) is 5.56 Å². The van der Waals surface area contributed by atoms with Crippen molar-refractivity contribution >= 4 is 17.6 Å². The van der Waals surface area contributed by atoms with Crippen molar-refractivity contribution in [3.63, 3.8) is 0 Å². The zero-order valence-corrected chi connectivity index (χ0v) is 8.67. The van der Waals surface area contributed by atoms with E-state index in [1.54, 1.807) is 11.3 Å². The maximum absolute atomic E-state index is 10.8. The molecule has 0 aliphatic rings. The Morgan fingerprint density at radius 1 is 1.14 bits per heavy atom. The molecule has 0 spiro atoms. The second-order valence-corrected chi connectivity index (χ2v) is 3.92. The second-order valence-electron chi connectivity index (χ2n) is 3.17. The lowest BCUT2D eigenvalue weighted by Gasteiger charge is -2.03. The van der Waals surface area contributed by atoms with E-state index in [4.69, 9.17) is 0 Å². The molecular weight excluding hydrogens is 192 g/mol. The number of hydrogen-bond donors (Lipinski definition) is 0. The van der Waals surface area contributed by atoms with E-state index >= 15 is 0 Å². The lowest BCUT2D eigenvalue weighted by molar-refractivity contribution is 0.112. The predicted octanol–water partition coefficient (Wildman–Crippen LogP) is 3.54. The van der Waals surface area contributed by atoms with Crippen LogP contribution in [-0.2, 0) is 0 Å². The zero-order valence-electron chi connectivity index (χ0n) is 7.86. The highest BCUT2D eigenvalue weighted by molar-refractivity contribution is 7.08. The van der Waals surface area contributed by atoms with Gasteiger partial charge in [0.25, 0.3) is 0 Å². The van der Waals surface area contributed by atoms with Crippen molar-refractivity contribution in [3.8, 4) is 11.1 Å². The smallest absolute Gasteiger partial charge is 0.151 e. The van der Waals surface area contributed by atoms with Gasteiger partial charge in [-0.25, -0.2) is 0 Å². The Labute approximate surface area is 87.0 Å². The van der Waals surface area contributed by atoms with E-state index in [9.17, 15) is 4.79 Å². The molecule has 0 bridgehead atoms. The van der Waals surface area contributed by atoms with Gasteiger partial charge in [0.05, 0.1) is 0 Å². The van der Waals surface area contributed by atoms with E-state index < -0.39 is 0 Å². The number of benzene rings is 1. The number of aldehydes is 1. The Balaban J connectivity index is 2.60. The molecule has 1 nitrogen and oxygen atoms in total. The highest BCUT2D eigenvalue weighted by Crippen LogP contribution is 2.28. The van der Waals surface area contributed by atoms with Crippen molar-refractivity contribution in [1.29, 1.82) is 0 Å². The van der Waals surface area contributed by atoms with Crippen LogP contribution in [0.5, 0.6) is 0 Å². The summed E-state index contributed by atoms with van der Waals surface area (Å²) in [5.74, 6) is 0. The Hall–Kier alpha value is -1.41. The number of carbonyl (C=O) groups is 1. The maximum Gasteiger partial charge on any atom is 0.151 e. The summed E-state index contributed by atoms with van der Waals surface area (Å²) in [4.78, 5) is 10.8. The molecule has 0 radical (unpaired) electrons. The van der Waals surface area contributed by atoms with E-state index in [1.807, 2.05) is 29.0 Å². The van der Waals surface area contributed by atoms with Crippen LogP contribution in [0.2, 0.25) is 0 Å². The lowest BCUT2D eigenvalue weighted by Crippen LogP contribution is -1.84. The molecule has 0 saturated heterocycles. The van der Waals surface area contributed by atoms with Crippen molar-refractivity contribution in [2.75, 3.05) is 0 Å². The van der Waals surface area contributed by atoms with Crippen LogP contribution in [-0.4, -0.2) is 6.29 Å². The van der Waals surface area contributed by atoms with Gasteiger partial charge in [0.2, 0.25) is 0 Å². The third-order valence-corrected chi connectivity index (χ3v) is 3.02. The van der Waals surface area contributed by atoms with Crippen LogP contribution in [0.15, 0.2) is 35.0 Å². The molecule has 1 heterocycles. The highest BCUT2D eigenvalue weighted by Gasteiger charge is 2.06. The van der Waals surface area contributed by atoms with Crippen molar-refractivity contribution < 1.29 is 4.79 Å². The van der Waals surface area contributed by atoms with Gasteiger partial charge in [0.1, 0.15) is 0 Å². The molecule has 0 aliphatic heterocycles. The summed E-state index contributed by atoms with van der Waals surface area (Å²) in [5.41, 5.74) is 4.18. The molecule has 2 heteroatoms. The van der Waals surface area contributed by atoms with Gasteiger partial charge in [-0.05, 0) is 23.4 Å². The maximum atomic E-state index is 10.8. The quantitative estimate of drug-likeness (QED) is 0.681. The molecule has 0 amide bonds. The first-order valence-corrected chi connectivity index (χ1v) is 5.34. The van der Waals surface area contributed by atoms with Gasteiger partial charge >= 0.3 is 0 Å². The summed E-state index contributed by atoms with van der Waals surface area (Å²) in [6.07, 6.45) is 0.915. The van der Waals surface area contributed by atoms with Crippen molar-refractivity contribution in [3.05, 3.63) is 46.2 Å². The predicted molar refractivity (Wildman–Crippen MR) is 59.9 cm³/mol. The van der Waals surface area contributed by atoms with Crippen LogP contribution in [0.4, 0.5) is 0 Å². The monoisotopic (exact) mass is 202 g/mol. The molecule has 0 unspecified atom stereocenters. The van der Waals surface area contributed by atoms with E-state index in [0.717, 1.165) is 23.0 Å². The SMILES string of the molecule is Cc1ccccc1-c1cscc1C=O. The minimum absolute atomic E-state index is 0.782. The number of carbonyl (C=O) groups excluding carboxylic acids is 1. The van der Waals surface area contributed by atoms with Crippen LogP contribution in [0.3, 0.4) is 0 Å². The molecule has 2 rings (SSSR count). The molecule has 1 aromatic carbocycles. The summed E-state index contributed by atoms with van der Waals surface area (Å²) in [6.45, 7) is 2.06. The fraction of sp³-hybridized carbons (Fsp3) is 0.0833. The topological polar surface area (TPSA) is 17.1 Å². The van der Waals surface area contributed by atoms with Crippen LogP contribution in [0.25, 0.3) is 11.1 Å². The molecule has 0 saturated carbocycles. The second kappa shape index (κ2) is 3.76. The normalized spacial score (nSPS) is 10.1. The largest absolute Gasteiger partial charge is 0.298 e. The Bertz CT molecular complexity index is 457. The van der Waals surface area contributed by atoms with E-state index in [0.29, 0.717) is 0 Å². The zero-order chi connectivity index (χ0) is 9.97. The Kier molecular flexibility index (Phi) is 2.46. The molecular formula is C12H10OS. The molecule has 70 valence electrons. The third-order valence-electron chi connectivity index (χ3n) is 2.25. The first-order valence-electron chi connectivity index (χ1n) is 4.40. The first kappa shape index (κ1) is 9.16. The highest BCUT2D eigenvalue weighted by atomic mass is 32.1. The van der Waals surface area contributed by atoms with Crippen molar-refractivity contribution in [2.24, 2.45) is 0 Å². The average molecular weight is 202 g/mol. The van der Waals surface area contributed by atoms with E-state index in [-0.39, 0.29) is 0 Å².